The highest BCUT2D eigenvalue weighted by Gasteiger charge is 2.65. The Hall–Kier alpha value is -3.79. The van der Waals surface area contributed by atoms with Gasteiger partial charge in [-0.15, -0.1) is 5.10 Å². The lowest BCUT2D eigenvalue weighted by Gasteiger charge is -2.37. The number of rotatable bonds is 8. The summed E-state index contributed by atoms with van der Waals surface area (Å²) in [5.41, 5.74) is 2.25. The Morgan fingerprint density at radius 3 is 2.45 bits per heavy atom. The van der Waals surface area contributed by atoms with Gasteiger partial charge in [0.2, 0.25) is 0 Å². The Balaban J connectivity index is 1.33. The SMILES string of the molecule is COc1ccc([Si](C)(C)[C@@H]2[C@@H](CCn3cc([C@H](O)c4ccccc4)nn3)O[C@]3(C(=O)N(C)c4ccccc43)[C@H]2C)cc1. The van der Waals surface area contributed by atoms with Crippen molar-refractivity contribution in [2.45, 2.75) is 56.3 Å². The van der Waals surface area contributed by atoms with E-state index >= 15 is 0 Å². The molecule has 0 bridgehead atoms. The number of hydrogen-bond acceptors (Lipinski definition) is 6. The van der Waals surface area contributed by atoms with Gasteiger partial charge in [0, 0.05) is 25.1 Å². The van der Waals surface area contributed by atoms with Crippen molar-refractivity contribution in [3.05, 3.63) is 102 Å². The smallest absolute Gasteiger partial charge is 0.264 e. The molecule has 1 saturated heterocycles. The minimum Gasteiger partial charge on any atom is -0.497 e. The summed E-state index contributed by atoms with van der Waals surface area (Å²) in [5.74, 6) is 0.779. The van der Waals surface area contributed by atoms with E-state index in [0.29, 0.717) is 18.7 Å². The van der Waals surface area contributed by atoms with Crippen LogP contribution in [0.25, 0.3) is 0 Å². The molecule has 3 aromatic carbocycles. The van der Waals surface area contributed by atoms with Crippen molar-refractivity contribution in [3.8, 4) is 5.75 Å². The first-order valence-electron chi connectivity index (χ1n) is 14.5. The number of likely N-dealkylation sites (N-methyl/N-ethyl adjacent to an activating group) is 1. The van der Waals surface area contributed by atoms with Gasteiger partial charge >= 0.3 is 0 Å². The number of fused-ring (bicyclic) bond motifs is 2. The average molecular weight is 583 g/mol. The maximum Gasteiger partial charge on any atom is 0.264 e. The molecule has 218 valence electrons. The highest BCUT2D eigenvalue weighted by molar-refractivity contribution is 6.91. The second kappa shape index (κ2) is 10.8. The van der Waals surface area contributed by atoms with Crippen LogP contribution in [0, 0.1) is 5.92 Å². The number of aromatic nitrogens is 3. The molecule has 0 saturated carbocycles. The summed E-state index contributed by atoms with van der Waals surface area (Å²) in [6.45, 7) is 7.51. The first-order valence-corrected chi connectivity index (χ1v) is 17.6. The van der Waals surface area contributed by atoms with Crippen molar-refractivity contribution in [3.63, 3.8) is 0 Å². The van der Waals surface area contributed by atoms with Gasteiger partial charge in [0.25, 0.3) is 5.91 Å². The fourth-order valence-corrected chi connectivity index (χ4v) is 11.3. The molecule has 0 aliphatic carbocycles. The van der Waals surface area contributed by atoms with E-state index in [-0.39, 0.29) is 23.5 Å². The van der Waals surface area contributed by atoms with E-state index in [1.807, 2.05) is 73.8 Å². The van der Waals surface area contributed by atoms with Crippen LogP contribution in [-0.2, 0) is 21.7 Å². The molecule has 0 radical (unpaired) electrons. The molecule has 4 aromatic rings. The van der Waals surface area contributed by atoms with Gasteiger partial charge in [0.15, 0.2) is 5.60 Å². The highest BCUT2D eigenvalue weighted by Crippen LogP contribution is 2.59. The Bertz CT molecular complexity index is 1570. The van der Waals surface area contributed by atoms with Crippen molar-refractivity contribution < 1.29 is 19.4 Å². The van der Waals surface area contributed by atoms with Crippen LogP contribution in [0.5, 0.6) is 5.75 Å². The minimum absolute atomic E-state index is 0.00254. The highest BCUT2D eigenvalue weighted by atomic mass is 28.3. The Kier molecular flexibility index (Phi) is 7.28. The van der Waals surface area contributed by atoms with E-state index in [9.17, 15) is 9.90 Å². The summed E-state index contributed by atoms with van der Waals surface area (Å²) >= 11 is 0. The van der Waals surface area contributed by atoms with Crippen LogP contribution < -0.4 is 14.8 Å². The van der Waals surface area contributed by atoms with Gasteiger partial charge in [-0.25, -0.2) is 0 Å². The van der Waals surface area contributed by atoms with E-state index in [1.54, 1.807) is 22.9 Å². The lowest BCUT2D eigenvalue weighted by Crippen LogP contribution is -2.51. The van der Waals surface area contributed by atoms with Crippen LogP contribution in [0.4, 0.5) is 5.69 Å². The minimum atomic E-state index is -2.21. The van der Waals surface area contributed by atoms with Gasteiger partial charge < -0.3 is 19.5 Å². The first kappa shape index (κ1) is 28.3. The molecule has 0 unspecified atom stereocenters. The van der Waals surface area contributed by atoms with Crippen LogP contribution in [0.3, 0.4) is 0 Å². The number of para-hydroxylation sites is 1. The number of aryl methyl sites for hydroxylation is 1. The van der Waals surface area contributed by atoms with Gasteiger partial charge in [-0.2, -0.15) is 0 Å². The average Bonchev–Trinajstić information content (AvgIpc) is 3.67. The Morgan fingerprint density at radius 2 is 1.74 bits per heavy atom. The fourth-order valence-electron chi connectivity index (χ4n) is 7.26. The van der Waals surface area contributed by atoms with Gasteiger partial charge in [0.05, 0.1) is 33.2 Å². The molecule has 1 amide bonds. The summed E-state index contributed by atoms with van der Waals surface area (Å²) < 4.78 is 14.3. The summed E-state index contributed by atoms with van der Waals surface area (Å²) in [7, 11) is 1.32. The van der Waals surface area contributed by atoms with E-state index in [0.717, 1.165) is 22.6 Å². The quantitative estimate of drug-likeness (QED) is 0.304. The van der Waals surface area contributed by atoms with E-state index in [1.165, 1.54) is 5.19 Å². The first-order chi connectivity index (χ1) is 20.2. The number of carbonyl (C=O) groups excluding carboxylic acids is 1. The third kappa shape index (κ3) is 4.47. The van der Waals surface area contributed by atoms with Crippen molar-refractivity contribution in [1.82, 2.24) is 15.0 Å². The number of hydrogen-bond donors (Lipinski definition) is 1. The topological polar surface area (TPSA) is 89.7 Å². The van der Waals surface area contributed by atoms with E-state index in [4.69, 9.17) is 9.47 Å². The van der Waals surface area contributed by atoms with E-state index in [2.05, 4.69) is 42.5 Å². The molecule has 5 atom stereocenters. The van der Waals surface area contributed by atoms with Crippen LogP contribution in [0.1, 0.15) is 36.3 Å². The van der Waals surface area contributed by atoms with Gasteiger partial charge in [-0.3, -0.25) is 9.48 Å². The lowest BCUT2D eigenvalue weighted by molar-refractivity contribution is -0.145. The maximum absolute atomic E-state index is 14.1. The number of amides is 1. The number of anilines is 1. The van der Waals surface area contributed by atoms with Crippen molar-refractivity contribution in [2.75, 3.05) is 19.1 Å². The molecule has 1 fully saturated rings. The zero-order valence-electron chi connectivity index (χ0n) is 24.8. The number of benzene rings is 3. The van der Waals surface area contributed by atoms with Gasteiger partial charge in [-0.1, -0.05) is 91.1 Å². The molecule has 1 aromatic heterocycles. The Labute approximate surface area is 247 Å². The standard InChI is InChI=1S/C33H38N4O4Si/c1-22-31(42(4,5)25-17-15-24(40-3)16-18-25)29(41-33(22)26-13-9-10-14-28(26)36(2)32(33)39)19-20-37-21-27(34-35-37)30(38)23-11-7-6-8-12-23/h6-18,21-22,29-31,38H,19-20H2,1-5H3/t22-,29+,30+,31-,33+/m0/s1. The molecule has 2 aliphatic rings. The summed E-state index contributed by atoms with van der Waals surface area (Å²) in [5, 5.41) is 20.7. The molecular formula is C33H38N4O4Si. The Morgan fingerprint density at radius 1 is 1.05 bits per heavy atom. The zero-order chi connectivity index (χ0) is 29.6. The van der Waals surface area contributed by atoms with Crippen LogP contribution in [0.15, 0.2) is 85.1 Å². The van der Waals surface area contributed by atoms with Crippen LogP contribution >= 0.6 is 0 Å². The summed E-state index contributed by atoms with van der Waals surface area (Å²) in [6.07, 6.45) is 1.44. The zero-order valence-corrected chi connectivity index (χ0v) is 25.8. The number of aliphatic hydroxyl groups excluding tert-OH is 1. The number of ether oxygens (including phenoxy) is 2. The van der Waals surface area contributed by atoms with Crippen molar-refractivity contribution in [1.29, 1.82) is 0 Å². The summed E-state index contributed by atoms with van der Waals surface area (Å²) in [6, 6.07) is 25.9. The molecule has 1 spiro atoms. The third-order valence-electron chi connectivity index (χ3n) is 9.47. The van der Waals surface area contributed by atoms with Crippen molar-refractivity contribution >= 4 is 24.9 Å². The largest absolute Gasteiger partial charge is 0.497 e. The molecule has 9 heteroatoms. The fraction of sp³-hybridized carbons (Fsp3) is 0.364. The van der Waals surface area contributed by atoms with Gasteiger partial charge in [0.1, 0.15) is 17.5 Å². The monoisotopic (exact) mass is 582 g/mol. The molecule has 1 N–H and O–H groups in total. The molecule has 6 rings (SSSR count). The number of carbonyl (C=O) groups is 1. The normalized spacial score (nSPS) is 24.3. The lowest BCUT2D eigenvalue weighted by atomic mass is 9.82. The number of nitrogens with zero attached hydrogens (tertiary/aromatic N) is 4. The second-order valence-electron chi connectivity index (χ2n) is 12.0. The molecule has 2 aliphatic heterocycles. The van der Waals surface area contributed by atoms with E-state index < -0.39 is 19.8 Å². The predicted molar refractivity (Wildman–Crippen MR) is 165 cm³/mol. The number of methoxy groups -OCH3 is 1. The maximum atomic E-state index is 14.1. The van der Waals surface area contributed by atoms with Crippen LogP contribution in [0.2, 0.25) is 18.6 Å². The molecule has 8 nitrogen and oxygen atoms in total. The predicted octanol–water partition coefficient (Wildman–Crippen LogP) is 4.65. The number of aliphatic hydroxyl groups is 1. The summed E-state index contributed by atoms with van der Waals surface area (Å²) in [4.78, 5) is 15.8. The third-order valence-corrected chi connectivity index (χ3v) is 13.8. The molecular weight excluding hydrogens is 544 g/mol. The molecule has 42 heavy (non-hydrogen) atoms. The van der Waals surface area contributed by atoms with Crippen LogP contribution in [-0.4, -0.2) is 54.3 Å². The van der Waals surface area contributed by atoms with Crippen molar-refractivity contribution in [2.24, 2.45) is 5.92 Å². The second-order valence-corrected chi connectivity index (χ2v) is 16.7. The molecule has 3 heterocycles. The van der Waals surface area contributed by atoms with Gasteiger partial charge in [-0.05, 0) is 35.7 Å².